The molecule has 0 spiro atoms. The Kier molecular flexibility index (Phi) is 27.4. The molecule has 2 atom stereocenters. The Morgan fingerprint density at radius 1 is 0.610 bits per heavy atom. The van der Waals surface area contributed by atoms with Crippen molar-refractivity contribution in [3.63, 3.8) is 0 Å². The molecule has 0 fully saturated rings. The highest BCUT2D eigenvalue weighted by Gasteiger charge is 2.30. The molecule has 0 heterocycles. The van der Waals surface area contributed by atoms with Crippen LogP contribution in [0.3, 0.4) is 0 Å². The lowest BCUT2D eigenvalue weighted by atomic mass is 9.98. The average Bonchev–Trinajstić information content (AvgIpc) is 3.56. The first-order valence-electron chi connectivity index (χ1n) is 23.7. The Bertz CT molecular complexity index is 1370. The van der Waals surface area contributed by atoms with Gasteiger partial charge in [0, 0.05) is 25.7 Å². The first-order valence-corrected chi connectivity index (χ1v) is 23.7. The molecule has 0 saturated heterocycles. The highest BCUT2D eigenvalue weighted by atomic mass is 16.5. The highest BCUT2D eigenvalue weighted by molar-refractivity contribution is 5.89. The van der Waals surface area contributed by atoms with Crippen LogP contribution in [0.1, 0.15) is 191 Å². The molecule has 1 unspecified atom stereocenters. The lowest BCUT2D eigenvalue weighted by Crippen LogP contribution is -2.50. The number of carboxylic acid groups (broad SMARTS) is 1. The Morgan fingerprint density at radius 3 is 1.53 bits per heavy atom. The summed E-state index contributed by atoms with van der Waals surface area (Å²) in [6.45, 7) is 6.27. The van der Waals surface area contributed by atoms with Crippen LogP contribution >= 0.6 is 0 Å². The fraction of sp³-hybridized carbons (Fsp3) is 0.700. The summed E-state index contributed by atoms with van der Waals surface area (Å²) in [5.74, 6) is -1.95. The second-order valence-corrected chi connectivity index (χ2v) is 16.7. The van der Waals surface area contributed by atoms with Crippen LogP contribution in [-0.2, 0) is 23.8 Å². The number of benzene rings is 2. The number of carbonyl (C=O) groups is 3. The summed E-state index contributed by atoms with van der Waals surface area (Å²) in [5, 5.41) is 15.0. The van der Waals surface area contributed by atoms with Gasteiger partial charge in [0.1, 0.15) is 12.6 Å². The predicted molar refractivity (Wildman–Crippen MR) is 240 cm³/mol. The number of ether oxygens (including phenoxy) is 3. The molecule has 0 saturated carbocycles. The first-order chi connectivity index (χ1) is 28.9. The summed E-state index contributed by atoms with van der Waals surface area (Å²) in [5.41, 5.74) is 4.34. The molecule has 2 aromatic rings. The van der Waals surface area contributed by atoms with E-state index < -0.39 is 30.4 Å². The van der Waals surface area contributed by atoms with Gasteiger partial charge in [-0.25, -0.2) is 4.79 Å². The van der Waals surface area contributed by atoms with Crippen molar-refractivity contribution in [2.75, 3.05) is 33.0 Å². The fourth-order valence-electron chi connectivity index (χ4n) is 8.12. The zero-order valence-corrected chi connectivity index (χ0v) is 37.0. The average molecular weight is 821 g/mol. The van der Waals surface area contributed by atoms with Crippen molar-refractivity contribution in [3.8, 4) is 11.1 Å². The van der Waals surface area contributed by atoms with Gasteiger partial charge in [0.15, 0.2) is 0 Å². The molecule has 59 heavy (non-hydrogen) atoms. The van der Waals surface area contributed by atoms with Crippen LogP contribution in [0.4, 0.5) is 4.79 Å². The van der Waals surface area contributed by atoms with E-state index in [9.17, 15) is 19.5 Å². The van der Waals surface area contributed by atoms with Crippen molar-refractivity contribution in [1.82, 2.24) is 10.6 Å². The summed E-state index contributed by atoms with van der Waals surface area (Å²) in [7, 11) is 0. The van der Waals surface area contributed by atoms with E-state index in [1.54, 1.807) is 0 Å². The third-order valence-electron chi connectivity index (χ3n) is 11.6. The second-order valence-electron chi connectivity index (χ2n) is 16.7. The van der Waals surface area contributed by atoms with Crippen molar-refractivity contribution in [3.05, 3.63) is 59.7 Å². The van der Waals surface area contributed by atoms with E-state index in [4.69, 9.17) is 14.2 Å². The molecule has 9 heteroatoms. The van der Waals surface area contributed by atoms with Crippen molar-refractivity contribution >= 4 is 18.0 Å². The van der Waals surface area contributed by atoms with E-state index in [2.05, 4.69) is 36.6 Å². The minimum Gasteiger partial charge on any atom is -0.481 e. The van der Waals surface area contributed by atoms with Gasteiger partial charge in [-0.3, -0.25) is 9.59 Å². The molecule has 3 N–H and O–H groups in total. The first kappa shape index (κ1) is 49.9. The molecule has 332 valence electrons. The van der Waals surface area contributed by atoms with Crippen LogP contribution in [0.15, 0.2) is 48.5 Å². The predicted octanol–water partition coefficient (Wildman–Crippen LogP) is 12.3. The largest absolute Gasteiger partial charge is 0.481 e. The SMILES string of the molecule is CCCCCCCCCCCCCCOCC(CNC(=O)[C@H](CC(=O)O)NC(=O)OCC1c2ccccc2-c2ccccc21)OCCCCCCCCCCCCCC. The topological polar surface area (TPSA) is 123 Å². The number of carboxylic acids is 1. The molecular formula is C50H80N2O7. The van der Waals surface area contributed by atoms with Gasteiger partial charge in [-0.15, -0.1) is 0 Å². The number of carbonyl (C=O) groups excluding carboxylic acids is 2. The number of hydrogen-bond acceptors (Lipinski definition) is 6. The maximum absolute atomic E-state index is 13.4. The van der Waals surface area contributed by atoms with Crippen LogP contribution in [0.25, 0.3) is 11.1 Å². The van der Waals surface area contributed by atoms with Crippen LogP contribution < -0.4 is 10.6 Å². The Labute approximate surface area is 357 Å². The van der Waals surface area contributed by atoms with Gasteiger partial charge in [0.2, 0.25) is 5.91 Å². The normalized spacial score (nSPS) is 13.1. The standard InChI is InChI=1S/C50H80N2O7/c1-3-5-7-9-11-13-15-17-19-21-23-29-35-57-39-41(58-36-30-24-22-20-18-16-14-12-10-8-6-4-2)38-51-49(55)47(37-48(53)54)52-50(56)59-40-46-44-33-27-25-31-42(44)43-32-26-28-34-45(43)46/h25-28,31-34,41,46-47H,3-24,29-30,35-40H2,1-2H3,(H,51,55)(H,52,56)(H,53,54)/t41?,47-/m0/s1. The monoisotopic (exact) mass is 821 g/mol. The number of fused-ring (bicyclic) bond motifs is 3. The molecule has 0 aromatic heterocycles. The van der Waals surface area contributed by atoms with Crippen molar-refractivity contribution in [2.45, 2.75) is 192 Å². The molecule has 9 nitrogen and oxygen atoms in total. The third kappa shape index (κ3) is 21.6. The number of hydrogen-bond donors (Lipinski definition) is 3. The Balaban J connectivity index is 1.41. The molecule has 0 radical (unpaired) electrons. The lowest BCUT2D eigenvalue weighted by molar-refractivity contribution is -0.140. The van der Waals surface area contributed by atoms with Crippen molar-refractivity contribution in [1.29, 1.82) is 0 Å². The van der Waals surface area contributed by atoms with Gasteiger partial charge >= 0.3 is 12.1 Å². The lowest BCUT2D eigenvalue weighted by Gasteiger charge is -2.22. The minimum absolute atomic E-state index is 0.0623. The number of alkyl carbamates (subject to hydrolysis) is 1. The minimum atomic E-state index is -1.30. The van der Waals surface area contributed by atoms with Gasteiger partial charge in [0.05, 0.1) is 19.1 Å². The van der Waals surface area contributed by atoms with E-state index >= 15 is 0 Å². The summed E-state index contributed by atoms with van der Waals surface area (Å²) < 4.78 is 17.9. The fourth-order valence-corrected chi connectivity index (χ4v) is 8.12. The Hall–Kier alpha value is -3.43. The van der Waals surface area contributed by atoms with Gasteiger partial charge in [0.25, 0.3) is 0 Å². The number of amides is 2. The summed E-state index contributed by atoms with van der Waals surface area (Å²) in [6.07, 6.45) is 28.7. The molecule has 3 rings (SSSR count). The number of unbranched alkanes of at least 4 members (excludes halogenated alkanes) is 22. The molecular weight excluding hydrogens is 741 g/mol. The van der Waals surface area contributed by atoms with Crippen LogP contribution in [0.5, 0.6) is 0 Å². The maximum Gasteiger partial charge on any atom is 0.407 e. The van der Waals surface area contributed by atoms with Gasteiger partial charge in [-0.2, -0.15) is 0 Å². The number of aliphatic carboxylic acids is 1. The summed E-state index contributed by atoms with van der Waals surface area (Å²) in [6, 6.07) is 14.8. The Morgan fingerprint density at radius 2 is 1.05 bits per heavy atom. The van der Waals surface area contributed by atoms with E-state index in [1.807, 2.05) is 36.4 Å². The zero-order valence-electron chi connectivity index (χ0n) is 37.0. The third-order valence-corrected chi connectivity index (χ3v) is 11.6. The number of rotatable bonds is 37. The summed E-state index contributed by atoms with van der Waals surface area (Å²) in [4.78, 5) is 38.1. The van der Waals surface area contributed by atoms with Crippen LogP contribution in [0.2, 0.25) is 0 Å². The maximum atomic E-state index is 13.4. The quantitative estimate of drug-likeness (QED) is 0.0580. The molecule has 2 amide bonds. The van der Waals surface area contributed by atoms with Gasteiger partial charge < -0.3 is 30.0 Å². The van der Waals surface area contributed by atoms with E-state index in [-0.39, 0.29) is 25.2 Å². The smallest absolute Gasteiger partial charge is 0.407 e. The zero-order chi connectivity index (χ0) is 42.2. The van der Waals surface area contributed by atoms with Gasteiger partial charge in [-0.05, 0) is 35.1 Å². The molecule has 0 aliphatic heterocycles. The summed E-state index contributed by atoms with van der Waals surface area (Å²) >= 11 is 0. The van der Waals surface area contributed by atoms with Gasteiger partial charge in [-0.1, -0.05) is 204 Å². The highest BCUT2D eigenvalue weighted by Crippen LogP contribution is 2.44. The van der Waals surface area contributed by atoms with Crippen molar-refractivity contribution in [2.24, 2.45) is 0 Å². The molecule has 1 aliphatic rings. The second kappa shape index (κ2) is 32.4. The van der Waals surface area contributed by atoms with Crippen LogP contribution in [-0.4, -0.2) is 68.2 Å². The van der Waals surface area contributed by atoms with E-state index in [1.165, 1.54) is 128 Å². The van der Waals surface area contributed by atoms with Crippen LogP contribution in [0, 0.1) is 0 Å². The van der Waals surface area contributed by atoms with Crippen molar-refractivity contribution < 1.29 is 33.7 Å². The number of nitrogens with one attached hydrogen (secondary N) is 2. The van der Waals surface area contributed by atoms with E-state index in [0.29, 0.717) is 19.8 Å². The molecule has 2 aromatic carbocycles. The molecule has 1 aliphatic carbocycles. The molecule has 0 bridgehead atoms. The van der Waals surface area contributed by atoms with E-state index in [0.717, 1.165) is 47.9 Å².